The molecule has 0 fully saturated rings. The molecule has 1 aromatic rings. The van der Waals surface area contributed by atoms with Crippen molar-refractivity contribution in [3.8, 4) is 5.75 Å². The summed E-state index contributed by atoms with van der Waals surface area (Å²) in [6.07, 6.45) is -0.237. The molecule has 0 amide bonds. The van der Waals surface area contributed by atoms with Gasteiger partial charge in [0.2, 0.25) is 0 Å². The van der Waals surface area contributed by atoms with E-state index < -0.39 is 6.95 Å². The van der Waals surface area contributed by atoms with Crippen LogP contribution in [-0.4, -0.2) is 6.10 Å². The number of hydrogen-bond acceptors (Lipinski definition) is 3. The van der Waals surface area contributed by atoms with Crippen molar-refractivity contribution in [1.82, 2.24) is 0 Å². The van der Waals surface area contributed by atoms with Gasteiger partial charge in [0, 0.05) is 11.2 Å². The van der Waals surface area contributed by atoms with Gasteiger partial charge in [0.1, 0.15) is 5.75 Å². The van der Waals surface area contributed by atoms with Gasteiger partial charge in [0.05, 0.1) is 6.10 Å². The predicted octanol–water partition coefficient (Wildman–Crippen LogP) is 4.15. The van der Waals surface area contributed by atoms with E-state index in [9.17, 15) is 4.57 Å². The molecule has 0 N–H and O–H groups in total. The van der Waals surface area contributed by atoms with E-state index in [4.69, 9.17) is 20.3 Å². The number of rotatable bonds is 4. The summed E-state index contributed by atoms with van der Waals surface area (Å²) in [5, 5.41) is 0. The van der Waals surface area contributed by atoms with Gasteiger partial charge in [-0.1, -0.05) is 17.7 Å². The summed E-state index contributed by atoms with van der Waals surface area (Å²) < 4.78 is 21.6. The van der Waals surface area contributed by atoms with E-state index in [1.54, 1.807) is 26.0 Å². The van der Waals surface area contributed by atoms with Crippen LogP contribution < -0.4 is 4.52 Å². The van der Waals surface area contributed by atoms with Crippen molar-refractivity contribution in [1.29, 1.82) is 0 Å². The Morgan fingerprint density at radius 2 is 1.80 bits per heavy atom. The third-order valence-electron chi connectivity index (χ3n) is 1.57. The van der Waals surface area contributed by atoms with Crippen molar-refractivity contribution in [2.24, 2.45) is 0 Å². The fourth-order valence-electron chi connectivity index (χ4n) is 0.998. The third kappa shape index (κ3) is 4.70. The van der Waals surface area contributed by atoms with Gasteiger partial charge in [0.25, 0.3) is 0 Å². The van der Waals surface area contributed by atoms with Gasteiger partial charge in [-0.3, -0.25) is 4.52 Å². The molecule has 0 saturated carbocycles. The van der Waals surface area contributed by atoms with Gasteiger partial charge in [-0.2, -0.15) is 0 Å². The highest BCUT2D eigenvalue weighted by Gasteiger charge is 2.24. The second-order valence-corrected chi connectivity index (χ2v) is 5.99. The molecule has 1 atom stereocenters. The van der Waals surface area contributed by atoms with E-state index in [0.29, 0.717) is 5.75 Å². The monoisotopic (exact) mass is 248 g/mol. The van der Waals surface area contributed by atoms with Crippen LogP contribution >= 0.6 is 18.2 Å². The highest BCUT2D eigenvalue weighted by molar-refractivity contribution is 7.81. The number of halogens is 1. The number of aryl methyl sites for hydroxylation is 1. The molecule has 0 aliphatic heterocycles. The normalized spacial score (nSPS) is 15.0. The van der Waals surface area contributed by atoms with Crippen LogP contribution in [0.5, 0.6) is 5.75 Å². The molecule has 0 heterocycles. The first-order valence-electron chi connectivity index (χ1n) is 4.63. The van der Waals surface area contributed by atoms with Gasteiger partial charge in [-0.25, -0.2) is 4.57 Å². The largest absolute Gasteiger partial charge is 0.476 e. The van der Waals surface area contributed by atoms with Crippen LogP contribution in [-0.2, 0) is 9.09 Å². The first kappa shape index (κ1) is 12.6. The van der Waals surface area contributed by atoms with Crippen LogP contribution in [0.3, 0.4) is 0 Å². The number of hydrogen-bond donors (Lipinski definition) is 0. The Morgan fingerprint density at radius 1 is 1.27 bits per heavy atom. The average molecular weight is 249 g/mol. The molecule has 0 spiro atoms. The van der Waals surface area contributed by atoms with Crippen molar-refractivity contribution < 1.29 is 13.6 Å². The fourth-order valence-corrected chi connectivity index (χ4v) is 2.64. The minimum absolute atomic E-state index is 0.237. The predicted molar refractivity (Wildman–Crippen MR) is 61.5 cm³/mol. The second kappa shape index (κ2) is 5.02. The Bertz CT molecular complexity index is 361. The lowest BCUT2D eigenvalue weighted by Gasteiger charge is -2.14. The first-order valence-corrected chi connectivity index (χ1v) is 7.08. The Morgan fingerprint density at radius 3 is 2.27 bits per heavy atom. The van der Waals surface area contributed by atoms with Crippen molar-refractivity contribution in [2.75, 3.05) is 0 Å². The highest BCUT2D eigenvalue weighted by atomic mass is 35.7. The van der Waals surface area contributed by atoms with E-state index in [1.807, 2.05) is 19.1 Å². The molecule has 84 valence electrons. The molecule has 0 saturated heterocycles. The van der Waals surface area contributed by atoms with Crippen LogP contribution in [0.1, 0.15) is 19.4 Å². The maximum Gasteiger partial charge on any atom is 0.476 e. The van der Waals surface area contributed by atoms with E-state index in [0.717, 1.165) is 5.56 Å². The maximum atomic E-state index is 11.6. The maximum absolute atomic E-state index is 11.6. The minimum Gasteiger partial charge on any atom is -0.413 e. The topological polar surface area (TPSA) is 35.5 Å². The van der Waals surface area contributed by atoms with Crippen LogP contribution in [0, 0.1) is 6.92 Å². The van der Waals surface area contributed by atoms with Gasteiger partial charge < -0.3 is 4.52 Å². The van der Waals surface area contributed by atoms with Crippen LogP contribution in [0.25, 0.3) is 0 Å². The zero-order valence-electron chi connectivity index (χ0n) is 8.94. The zero-order chi connectivity index (χ0) is 11.5. The molecular formula is C10H14ClO3P. The average Bonchev–Trinajstić information content (AvgIpc) is 2.06. The van der Waals surface area contributed by atoms with E-state index >= 15 is 0 Å². The Hall–Kier alpha value is -0.500. The Labute approximate surface area is 94.7 Å². The summed E-state index contributed by atoms with van der Waals surface area (Å²) in [4.78, 5) is 0. The SMILES string of the molecule is Cc1ccc(OP(=O)(Cl)OC(C)C)cc1. The van der Waals surface area contributed by atoms with Crippen molar-refractivity contribution >= 4 is 18.2 Å². The quantitative estimate of drug-likeness (QED) is 0.751. The smallest absolute Gasteiger partial charge is 0.413 e. The van der Waals surface area contributed by atoms with Gasteiger partial charge in [-0.15, -0.1) is 0 Å². The Kier molecular flexibility index (Phi) is 4.21. The van der Waals surface area contributed by atoms with Crippen molar-refractivity contribution in [2.45, 2.75) is 26.9 Å². The van der Waals surface area contributed by atoms with Crippen LogP contribution in [0.2, 0.25) is 0 Å². The van der Waals surface area contributed by atoms with Gasteiger partial charge >= 0.3 is 6.95 Å². The third-order valence-corrected chi connectivity index (χ3v) is 3.12. The highest BCUT2D eigenvalue weighted by Crippen LogP contribution is 2.54. The molecule has 1 unspecified atom stereocenters. The molecule has 0 aliphatic carbocycles. The van der Waals surface area contributed by atoms with Crippen LogP contribution in [0.4, 0.5) is 0 Å². The summed E-state index contributed by atoms with van der Waals surface area (Å²) in [5.41, 5.74) is 1.09. The summed E-state index contributed by atoms with van der Waals surface area (Å²) in [6.45, 7) is 1.93. The minimum atomic E-state index is -3.51. The van der Waals surface area contributed by atoms with Crippen LogP contribution in [0.15, 0.2) is 24.3 Å². The molecule has 1 aromatic carbocycles. The standard InChI is InChI=1S/C10H14ClO3P/c1-8(2)13-15(11,12)14-10-6-4-9(3)5-7-10/h4-8H,1-3H3. The molecule has 0 bridgehead atoms. The molecule has 1 rings (SSSR count). The van der Waals surface area contributed by atoms with Crippen molar-refractivity contribution in [3.63, 3.8) is 0 Å². The van der Waals surface area contributed by atoms with E-state index in [1.165, 1.54) is 0 Å². The summed E-state index contributed by atoms with van der Waals surface area (Å²) >= 11 is 5.62. The lowest BCUT2D eigenvalue weighted by atomic mass is 10.2. The molecule has 15 heavy (non-hydrogen) atoms. The van der Waals surface area contributed by atoms with Crippen molar-refractivity contribution in [3.05, 3.63) is 29.8 Å². The number of benzene rings is 1. The fraction of sp³-hybridized carbons (Fsp3) is 0.400. The van der Waals surface area contributed by atoms with E-state index in [2.05, 4.69) is 0 Å². The molecular weight excluding hydrogens is 235 g/mol. The molecule has 5 heteroatoms. The summed E-state index contributed by atoms with van der Waals surface area (Å²) in [7, 11) is 0. The molecule has 0 aromatic heterocycles. The molecule has 0 aliphatic rings. The van der Waals surface area contributed by atoms with Gasteiger partial charge in [0.15, 0.2) is 0 Å². The zero-order valence-corrected chi connectivity index (χ0v) is 10.6. The van der Waals surface area contributed by atoms with Gasteiger partial charge in [-0.05, 0) is 32.9 Å². The molecule has 3 nitrogen and oxygen atoms in total. The Balaban J connectivity index is 2.69. The first-order chi connectivity index (χ1) is 6.89. The lowest BCUT2D eigenvalue weighted by Crippen LogP contribution is -2.01. The summed E-state index contributed by atoms with van der Waals surface area (Å²) in [5.74, 6) is 0.444. The second-order valence-electron chi connectivity index (χ2n) is 3.49. The van der Waals surface area contributed by atoms with E-state index in [-0.39, 0.29) is 6.10 Å². The lowest BCUT2D eigenvalue weighted by molar-refractivity contribution is 0.220. The molecule has 0 radical (unpaired) electrons. The summed E-state index contributed by atoms with van der Waals surface area (Å²) in [6, 6.07) is 7.10.